The van der Waals surface area contributed by atoms with Crippen LogP contribution in [-0.4, -0.2) is 28.3 Å². The zero-order valence-corrected chi connectivity index (χ0v) is 10.4. The molecule has 16 heavy (non-hydrogen) atoms. The molecule has 4 N–H and O–H groups in total. The van der Waals surface area contributed by atoms with E-state index in [2.05, 4.69) is 0 Å². The lowest BCUT2D eigenvalue weighted by molar-refractivity contribution is -0.144. The molecular weight excluding hydrogens is 206 g/mol. The maximum atomic E-state index is 11.1. The fourth-order valence-corrected chi connectivity index (χ4v) is 1.85. The smallest absolute Gasteiger partial charge is 0.306 e. The molecule has 0 heterocycles. The van der Waals surface area contributed by atoms with Gasteiger partial charge in [0.15, 0.2) is 0 Å². The van der Waals surface area contributed by atoms with Crippen molar-refractivity contribution >= 4 is 5.97 Å². The summed E-state index contributed by atoms with van der Waals surface area (Å²) in [6.07, 6.45) is 3.82. The van der Waals surface area contributed by atoms with E-state index in [0.717, 1.165) is 12.8 Å². The highest BCUT2D eigenvalue weighted by Crippen LogP contribution is 2.27. The Hall–Kier alpha value is -0.610. The first-order valence-electron chi connectivity index (χ1n) is 6.14. The standard InChI is InChI=1S/C12H25NO3/c1-3-12(16,4-2)9-10(11(14)15)7-5-6-8-13/h10,16H,3-9,13H2,1-2H3,(H,14,15). The van der Waals surface area contributed by atoms with Gasteiger partial charge in [0.05, 0.1) is 11.5 Å². The molecule has 0 aliphatic carbocycles. The van der Waals surface area contributed by atoms with Crippen LogP contribution in [-0.2, 0) is 4.79 Å². The van der Waals surface area contributed by atoms with E-state index in [1.807, 2.05) is 13.8 Å². The Morgan fingerprint density at radius 1 is 1.31 bits per heavy atom. The van der Waals surface area contributed by atoms with Crippen LogP contribution in [0.5, 0.6) is 0 Å². The summed E-state index contributed by atoms with van der Waals surface area (Å²) in [5.74, 6) is -1.26. The molecule has 0 saturated heterocycles. The van der Waals surface area contributed by atoms with E-state index >= 15 is 0 Å². The summed E-state index contributed by atoms with van der Waals surface area (Å²) in [5, 5.41) is 19.2. The van der Waals surface area contributed by atoms with E-state index in [1.54, 1.807) is 0 Å². The molecule has 1 unspecified atom stereocenters. The maximum Gasteiger partial charge on any atom is 0.306 e. The van der Waals surface area contributed by atoms with Gasteiger partial charge in [-0.25, -0.2) is 0 Å². The summed E-state index contributed by atoms with van der Waals surface area (Å²) < 4.78 is 0. The predicted octanol–water partition coefficient (Wildman–Crippen LogP) is 1.76. The number of hydrogen-bond acceptors (Lipinski definition) is 3. The van der Waals surface area contributed by atoms with Gasteiger partial charge in [0, 0.05) is 0 Å². The summed E-state index contributed by atoms with van der Waals surface area (Å²) in [6, 6.07) is 0. The molecule has 0 amide bonds. The Morgan fingerprint density at radius 3 is 2.25 bits per heavy atom. The Balaban J connectivity index is 4.26. The summed E-state index contributed by atoms with van der Waals surface area (Å²) in [7, 11) is 0. The average Bonchev–Trinajstić information content (AvgIpc) is 2.27. The third-order valence-corrected chi connectivity index (χ3v) is 3.30. The number of carbonyl (C=O) groups is 1. The molecule has 0 rings (SSSR count). The summed E-state index contributed by atoms with van der Waals surface area (Å²) >= 11 is 0. The molecule has 0 aromatic rings. The molecule has 0 radical (unpaired) electrons. The van der Waals surface area contributed by atoms with Crippen LogP contribution in [0.4, 0.5) is 0 Å². The molecule has 96 valence electrons. The lowest BCUT2D eigenvalue weighted by Gasteiger charge is -2.28. The molecule has 1 atom stereocenters. The van der Waals surface area contributed by atoms with Crippen molar-refractivity contribution in [3.05, 3.63) is 0 Å². The Bertz CT molecular complexity index is 202. The Labute approximate surface area is 97.8 Å². The second-order valence-corrected chi connectivity index (χ2v) is 4.46. The van der Waals surface area contributed by atoms with Crippen molar-refractivity contribution in [2.45, 2.75) is 58.0 Å². The zero-order valence-electron chi connectivity index (χ0n) is 10.4. The van der Waals surface area contributed by atoms with E-state index < -0.39 is 17.5 Å². The molecular formula is C12H25NO3. The van der Waals surface area contributed by atoms with Crippen molar-refractivity contribution in [2.24, 2.45) is 11.7 Å². The predicted molar refractivity (Wildman–Crippen MR) is 64.2 cm³/mol. The largest absolute Gasteiger partial charge is 0.481 e. The van der Waals surface area contributed by atoms with Crippen LogP contribution >= 0.6 is 0 Å². The number of unbranched alkanes of at least 4 members (excludes halogenated alkanes) is 1. The first-order valence-corrected chi connectivity index (χ1v) is 6.14. The molecule has 0 saturated carbocycles. The van der Waals surface area contributed by atoms with Gasteiger partial charge in [0.1, 0.15) is 0 Å². The topological polar surface area (TPSA) is 83.5 Å². The molecule has 0 spiro atoms. The van der Waals surface area contributed by atoms with Crippen LogP contribution in [0.3, 0.4) is 0 Å². The number of nitrogens with two attached hydrogens (primary N) is 1. The van der Waals surface area contributed by atoms with E-state index in [9.17, 15) is 9.90 Å². The van der Waals surface area contributed by atoms with Gasteiger partial charge in [-0.2, -0.15) is 0 Å². The maximum absolute atomic E-state index is 11.1. The Kier molecular flexibility index (Phi) is 7.34. The molecule has 0 aliphatic rings. The molecule has 0 aliphatic heterocycles. The number of carboxylic acid groups (broad SMARTS) is 1. The molecule has 4 nitrogen and oxygen atoms in total. The minimum Gasteiger partial charge on any atom is -0.481 e. The van der Waals surface area contributed by atoms with Crippen molar-refractivity contribution in [1.29, 1.82) is 0 Å². The van der Waals surface area contributed by atoms with Crippen LogP contribution in [0.25, 0.3) is 0 Å². The van der Waals surface area contributed by atoms with Crippen molar-refractivity contribution in [3.63, 3.8) is 0 Å². The van der Waals surface area contributed by atoms with Gasteiger partial charge in [-0.3, -0.25) is 4.79 Å². The molecule has 0 bridgehead atoms. The molecule has 0 aromatic heterocycles. The van der Waals surface area contributed by atoms with Crippen molar-refractivity contribution in [3.8, 4) is 0 Å². The average molecular weight is 231 g/mol. The normalized spacial score (nSPS) is 13.8. The van der Waals surface area contributed by atoms with Crippen molar-refractivity contribution in [2.75, 3.05) is 6.54 Å². The summed E-state index contributed by atoms with van der Waals surface area (Å²) in [4.78, 5) is 11.1. The fraction of sp³-hybridized carbons (Fsp3) is 0.917. The molecule has 4 heteroatoms. The fourth-order valence-electron chi connectivity index (χ4n) is 1.85. The SMILES string of the molecule is CCC(O)(CC)CC(CCCCN)C(=O)O. The number of aliphatic carboxylic acids is 1. The third-order valence-electron chi connectivity index (χ3n) is 3.30. The molecule has 0 aromatic carbocycles. The first-order chi connectivity index (χ1) is 7.49. The number of hydrogen-bond donors (Lipinski definition) is 3. The monoisotopic (exact) mass is 231 g/mol. The van der Waals surface area contributed by atoms with Gasteiger partial charge in [-0.1, -0.05) is 20.3 Å². The lowest BCUT2D eigenvalue weighted by Crippen LogP contribution is -2.32. The highest BCUT2D eigenvalue weighted by Gasteiger charge is 2.30. The second kappa shape index (κ2) is 7.63. The van der Waals surface area contributed by atoms with E-state index in [4.69, 9.17) is 10.8 Å². The minimum atomic E-state index is -0.828. The lowest BCUT2D eigenvalue weighted by atomic mass is 9.84. The van der Waals surface area contributed by atoms with Crippen LogP contribution in [0.15, 0.2) is 0 Å². The first kappa shape index (κ1) is 15.4. The number of rotatable bonds is 9. The van der Waals surface area contributed by atoms with Crippen LogP contribution < -0.4 is 5.73 Å². The Morgan fingerprint density at radius 2 is 1.88 bits per heavy atom. The minimum absolute atomic E-state index is 0.347. The number of carboxylic acids is 1. The van der Waals surface area contributed by atoms with Crippen LogP contribution in [0, 0.1) is 5.92 Å². The van der Waals surface area contributed by atoms with Gasteiger partial charge in [-0.15, -0.1) is 0 Å². The van der Waals surface area contributed by atoms with Gasteiger partial charge in [0.2, 0.25) is 0 Å². The van der Waals surface area contributed by atoms with Crippen LogP contribution in [0.2, 0.25) is 0 Å². The van der Waals surface area contributed by atoms with Gasteiger partial charge < -0.3 is 15.9 Å². The second-order valence-electron chi connectivity index (χ2n) is 4.46. The highest BCUT2D eigenvalue weighted by molar-refractivity contribution is 5.70. The quantitative estimate of drug-likeness (QED) is 0.528. The van der Waals surface area contributed by atoms with E-state index in [-0.39, 0.29) is 0 Å². The van der Waals surface area contributed by atoms with E-state index in [1.165, 1.54) is 0 Å². The van der Waals surface area contributed by atoms with Crippen molar-refractivity contribution < 1.29 is 15.0 Å². The number of aliphatic hydroxyl groups is 1. The summed E-state index contributed by atoms with van der Waals surface area (Å²) in [5.41, 5.74) is 4.55. The van der Waals surface area contributed by atoms with Crippen molar-refractivity contribution in [1.82, 2.24) is 0 Å². The third kappa shape index (κ3) is 5.47. The van der Waals surface area contributed by atoms with Gasteiger partial charge >= 0.3 is 5.97 Å². The van der Waals surface area contributed by atoms with Gasteiger partial charge in [-0.05, 0) is 38.6 Å². The van der Waals surface area contributed by atoms with Gasteiger partial charge in [0.25, 0.3) is 0 Å². The zero-order chi connectivity index (χ0) is 12.6. The molecule has 0 fully saturated rings. The van der Waals surface area contributed by atoms with Crippen LogP contribution in [0.1, 0.15) is 52.4 Å². The summed E-state index contributed by atoms with van der Waals surface area (Å²) in [6.45, 7) is 4.38. The van der Waals surface area contributed by atoms with E-state index in [0.29, 0.717) is 32.2 Å². The highest BCUT2D eigenvalue weighted by atomic mass is 16.4.